The molecule has 0 aliphatic heterocycles. The molecule has 1 aliphatic rings. The molecule has 0 aromatic carbocycles. The van der Waals surface area contributed by atoms with Crippen molar-refractivity contribution in [1.82, 2.24) is 5.32 Å². The average molecular weight is 243 g/mol. The van der Waals surface area contributed by atoms with Gasteiger partial charge in [-0.1, -0.05) is 27.7 Å². The standard InChI is InChI=1S/C14H29NO2/c1-7-16-11(17-8-2)9-10-15-12-13(3,4)14(12,5)6/h11-12,15H,7-10H2,1-6H3. The Balaban J connectivity index is 2.24. The van der Waals surface area contributed by atoms with Gasteiger partial charge < -0.3 is 14.8 Å². The lowest BCUT2D eigenvalue weighted by atomic mass is 10.0. The second kappa shape index (κ2) is 5.68. The quantitative estimate of drug-likeness (QED) is 0.665. The molecular formula is C14H29NO2. The Bertz CT molecular complexity index is 218. The molecule has 0 amide bonds. The van der Waals surface area contributed by atoms with Crippen molar-refractivity contribution in [2.75, 3.05) is 19.8 Å². The van der Waals surface area contributed by atoms with E-state index in [1.165, 1.54) is 0 Å². The highest BCUT2D eigenvalue weighted by Gasteiger charge is 2.64. The van der Waals surface area contributed by atoms with Gasteiger partial charge in [-0.05, 0) is 24.7 Å². The number of rotatable bonds is 8. The third-order valence-corrected chi connectivity index (χ3v) is 4.45. The van der Waals surface area contributed by atoms with E-state index >= 15 is 0 Å². The summed E-state index contributed by atoms with van der Waals surface area (Å²) in [5.41, 5.74) is 0.805. The van der Waals surface area contributed by atoms with Gasteiger partial charge in [0.15, 0.2) is 6.29 Å². The molecule has 3 nitrogen and oxygen atoms in total. The van der Waals surface area contributed by atoms with Crippen molar-refractivity contribution < 1.29 is 9.47 Å². The Morgan fingerprint density at radius 1 is 1.00 bits per heavy atom. The van der Waals surface area contributed by atoms with Crippen molar-refractivity contribution in [3.8, 4) is 0 Å². The van der Waals surface area contributed by atoms with E-state index in [0.29, 0.717) is 30.1 Å². The van der Waals surface area contributed by atoms with Crippen LogP contribution in [-0.2, 0) is 9.47 Å². The lowest BCUT2D eigenvalue weighted by Crippen LogP contribution is -2.28. The first-order valence-corrected chi connectivity index (χ1v) is 6.84. The molecule has 1 aliphatic carbocycles. The summed E-state index contributed by atoms with van der Waals surface area (Å²) in [6.07, 6.45) is 0.868. The Morgan fingerprint density at radius 3 is 1.82 bits per heavy atom. The predicted molar refractivity (Wildman–Crippen MR) is 71.0 cm³/mol. The van der Waals surface area contributed by atoms with E-state index in [9.17, 15) is 0 Å². The smallest absolute Gasteiger partial charge is 0.158 e. The molecule has 0 spiro atoms. The molecule has 3 heteroatoms. The molecule has 0 aromatic heterocycles. The summed E-state index contributed by atoms with van der Waals surface area (Å²) in [5, 5.41) is 3.62. The molecule has 0 saturated heterocycles. The van der Waals surface area contributed by atoms with E-state index in [2.05, 4.69) is 33.0 Å². The SMILES string of the molecule is CCOC(CCNC1C(C)(C)C1(C)C)OCC. The number of nitrogens with one attached hydrogen (secondary N) is 1. The summed E-state index contributed by atoms with van der Waals surface area (Å²) in [7, 11) is 0. The molecule has 0 aromatic rings. The summed E-state index contributed by atoms with van der Waals surface area (Å²) in [6.45, 7) is 15.7. The van der Waals surface area contributed by atoms with Crippen molar-refractivity contribution in [2.24, 2.45) is 10.8 Å². The van der Waals surface area contributed by atoms with Gasteiger partial charge in [-0.2, -0.15) is 0 Å². The molecule has 17 heavy (non-hydrogen) atoms. The monoisotopic (exact) mass is 243 g/mol. The maximum atomic E-state index is 5.53. The first-order chi connectivity index (χ1) is 7.87. The van der Waals surface area contributed by atoms with Gasteiger partial charge in [0.05, 0.1) is 0 Å². The molecule has 1 saturated carbocycles. The lowest BCUT2D eigenvalue weighted by molar-refractivity contribution is -0.138. The van der Waals surface area contributed by atoms with E-state index in [1.807, 2.05) is 13.8 Å². The van der Waals surface area contributed by atoms with Gasteiger partial charge >= 0.3 is 0 Å². The Morgan fingerprint density at radius 2 is 1.47 bits per heavy atom. The molecule has 0 heterocycles. The average Bonchev–Trinajstić information content (AvgIpc) is 2.61. The molecule has 0 unspecified atom stereocenters. The fraction of sp³-hybridized carbons (Fsp3) is 1.00. The maximum absolute atomic E-state index is 5.53. The fourth-order valence-electron chi connectivity index (χ4n) is 2.64. The fourth-order valence-corrected chi connectivity index (χ4v) is 2.64. The van der Waals surface area contributed by atoms with Gasteiger partial charge in [0.2, 0.25) is 0 Å². The maximum Gasteiger partial charge on any atom is 0.158 e. The van der Waals surface area contributed by atoms with E-state index in [4.69, 9.17) is 9.47 Å². The summed E-state index contributed by atoms with van der Waals surface area (Å²) >= 11 is 0. The number of hydrogen-bond acceptors (Lipinski definition) is 3. The van der Waals surface area contributed by atoms with Gasteiger partial charge in [-0.15, -0.1) is 0 Å². The molecule has 1 N–H and O–H groups in total. The van der Waals surface area contributed by atoms with Gasteiger partial charge in [0.1, 0.15) is 0 Å². The van der Waals surface area contributed by atoms with Gasteiger partial charge in [-0.25, -0.2) is 0 Å². The molecular weight excluding hydrogens is 214 g/mol. The Labute approximate surface area is 106 Å². The Hall–Kier alpha value is -0.120. The minimum absolute atomic E-state index is 0.0533. The van der Waals surface area contributed by atoms with Crippen molar-refractivity contribution >= 4 is 0 Å². The van der Waals surface area contributed by atoms with Crippen LogP contribution in [0, 0.1) is 10.8 Å². The van der Waals surface area contributed by atoms with E-state index < -0.39 is 0 Å². The molecule has 0 atom stereocenters. The van der Waals surface area contributed by atoms with E-state index in [-0.39, 0.29) is 6.29 Å². The molecule has 1 fully saturated rings. The van der Waals surface area contributed by atoms with Crippen LogP contribution in [0.5, 0.6) is 0 Å². The Kier molecular flexibility index (Phi) is 4.99. The minimum Gasteiger partial charge on any atom is -0.353 e. The van der Waals surface area contributed by atoms with Crippen molar-refractivity contribution in [2.45, 2.75) is 60.3 Å². The predicted octanol–water partition coefficient (Wildman–Crippen LogP) is 2.80. The first kappa shape index (κ1) is 14.9. The van der Waals surface area contributed by atoms with Crippen LogP contribution in [0.1, 0.15) is 48.0 Å². The van der Waals surface area contributed by atoms with Crippen LogP contribution in [0.2, 0.25) is 0 Å². The summed E-state index contributed by atoms with van der Waals surface area (Å²) in [4.78, 5) is 0. The highest BCUT2D eigenvalue weighted by atomic mass is 16.7. The van der Waals surface area contributed by atoms with Crippen LogP contribution in [-0.4, -0.2) is 32.1 Å². The largest absolute Gasteiger partial charge is 0.353 e. The molecule has 0 radical (unpaired) electrons. The zero-order valence-corrected chi connectivity index (χ0v) is 12.3. The van der Waals surface area contributed by atoms with Crippen LogP contribution >= 0.6 is 0 Å². The van der Waals surface area contributed by atoms with Gasteiger partial charge in [0.25, 0.3) is 0 Å². The zero-order valence-electron chi connectivity index (χ0n) is 12.3. The van der Waals surface area contributed by atoms with E-state index in [1.54, 1.807) is 0 Å². The zero-order chi connectivity index (χ0) is 13.1. The number of ether oxygens (including phenoxy) is 2. The third kappa shape index (κ3) is 3.21. The summed E-state index contributed by atoms with van der Waals surface area (Å²) in [6, 6.07) is 0.610. The minimum atomic E-state index is -0.0533. The van der Waals surface area contributed by atoms with Crippen molar-refractivity contribution in [1.29, 1.82) is 0 Å². The van der Waals surface area contributed by atoms with Crippen LogP contribution in [0.15, 0.2) is 0 Å². The normalized spacial score (nSPS) is 22.1. The van der Waals surface area contributed by atoms with Gasteiger partial charge in [0, 0.05) is 32.2 Å². The van der Waals surface area contributed by atoms with Crippen LogP contribution < -0.4 is 5.32 Å². The van der Waals surface area contributed by atoms with Crippen LogP contribution in [0.3, 0.4) is 0 Å². The van der Waals surface area contributed by atoms with Crippen molar-refractivity contribution in [3.05, 3.63) is 0 Å². The third-order valence-electron chi connectivity index (χ3n) is 4.45. The van der Waals surface area contributed by atoms with Crippen molar-refractivity contribution in [3.63, 3.8) is 0 Å². The summed E-state index contributed by atoms with van der Waals surface area (Å²) < 4.78 is 11.1. The second-order valence-corrected chi connectivity index (χ2v) is 5.96. The van der Waals surface area contributed by atoms with Crippen LogP contribution in [0.4, 0.5) is 0 Å². The lowest BCUT2D eigenvalue weighted by Gasteiger charge is -2.17. The molecule has 1 rings (SSSR count). The molecule has 102 valence electrons. The number of hydrogen-bond donors (Lipinski definition) is 1. The van der Waals surface area contributed by atoms with E-state index in [0.717, 1.165) is 13.0 Å². The second-order valence-electron chi connectivity index (χ2n) is 5.96. The highest BCUT2D eigenvalue weighted by Crippen LogP contribution is 2.62. The van der Waals surface area contributed by atoms with Gasteiger partial charge in [-0.3, -0.25) is 0 Å². The molecule has 0 bridgehead atoms. The van der Waals surface area contributed by atoms with Crippen LogP contribution in [0.25, 0.3) is 0 Å². The highest BCUT2D eigenvalue weighted by molar-refractivity contribution is 5.17. The summed E-state index contributed by atoms with van der Waals surface area (Å²) in [5.74, 6) is 0. The first-order valence-electron chi connectivity index (χ1n) is 6.84. The topological polar surface area (TPSA) is 30.5 Å².